The molecule has 1 unspecified atom stereocenters. The van der Waals surface area contributed by atoms with Crippen LogP contribution >= 0.6 is 12.4 Å². The number of carbonyl (C=O) groups is 2. The summed E-state index contributed by atoms with van der Waals surface area (Å²) in [6.07, 6.45) is 5.84. The van der Waals surface area contributed by atoms with Gasteiger partial charge in [-0.2, -0.15) is 0 Å². The summed E-state index contributed by atoms with van der Waals surface area (Å²) in [5.74, 6) is -1.75. The highest BCUT2D eigenvalue weighted by Crippen LogP contribution is 2.19. The predicted octanol–water partition coefficient (Wildman–Crippen LogP) is 3.56. The van der Waals surface area contributed by atoms with Crippen LogP contribution in [0.1, 0.15) is 34.3 Å². The standard InChI is InChI=1S/C18H17NO4.ClH/c1-13(15-9-10-19-11-16(15)18(21)22)12-23-17(20)8-7-14-5-3-2-4-6-14;/h2-11,13H,12H2,1H3,(H,21,22);1H. The summed E-state index contributed by atoms with van der Waals surface area (Å²) in [5, 5.41) is 9.14. The molecule has 1 aromatic heterocycles. The molecular formula is C18H18ClNO4. The summed E-state index contributed by atoms with van der Waals surface area (Å²) in [5.41, 5.74) is 1.61. The van der Waals surface area contributed by atoms with Gasteiger partial charge in [-0.15, -0.1) is 12.4 Å². The molecule has 0 aliphatic heterocycles. The maximum Gasteiger partial charge on any atom is 0.337 e. The van der Waals surface area contributed by atoms with Crippen molar-refractivity contribution in [2.24, 2.45) is 0 Å². The fourth-order valence-corrected chi connectivity index (χ4v) is 2.09. The number of halogens is 1. The van der Waals surface area contributed by atoms with Gasteiger partial charge >= 0.3 is 11.9 Å². The predicted molar refractivity (Wildman–Crippen MR) is 93.3 cm³/mol. The van der Waals surface area contributed by atoms with Gasteiger partial charge in [0, 0.05) is 24.4 Å². The van der Waals surface area contributed by atoms with E-state index < -0.39 is 11.9 Å². The Kier molecular flexibility index (Phi) is 7.65. The quantitative estimate of drug-likeness (QED) is 0.638. The van der Waals surface area contributed by atoms with E-state index in [1.165, 1.54) is 18.5 Å². The maximum absolute atomic E-state index is 11.7. The Morgan fingerprint density at radius 1 is 1.25 bits per heavy atom. The van der Waals surface area contributed by atoms with Crippen molar-refractivity contribution < 1.29 is 19.4 Å². The van der Waals surface area contributed by atoms with Crippen LogP contribution in [0, 0.1) is 0 Å². The molecule has 5 nitrogen and oxygen atoms in total. The summed E-state index contributed by atoms with van der Waals surface area (Å²) in [7, 11) is 0. The van der Waals surface area contributed by atoms with Crippen molar-refractivity contribution in [2.45, 2.75) is 12.8 Å². The number of nitrogens with zero attached hydrogens (tertiary/aromatic N) is 1. The topological polar surface area (TPSA) is 76.5 Å². The van der Waals surface area contributed by atoms with Crippen LogP contribution in [-0.2, 0) is 9.53 Å². The van der Waals surface area contributed by atoms with Crippen LogP contribution in [0.25, 0.3) is 6.08 Å². The molecule has 1 N–H and O–H groups in total. The lowest BCUT2D eigenvalue weighted by Crippen LogP contribution is -2.12. The first-order valence-corrected chi connectivity index (χ1v) is 7.15. The summed E-state index contributed by atoms with van der Waals surface area (Å²) < 4.78 is 5.18. The minimum Gasteiger partial charge on any atom is -0.478 e. The smallest absolute Gasteiger partial charge is 0.337 e. The number of carboxylic acid groups (broad SMARTS) is 1. The van der Waals surface area contributed by atoms with E-state index in [0.717, 1.165) is 5.56 Å². The summed E-state index contributed by atoms with van der Waals surface area (Å²) in [6.45, 7) is 1.90. The molecule has 24 heavy (non-hydrogen) atoms. The molecule has 0 amide bonds. The number of carboxylic acids is 1. The second-order valence-corrected chi connectivity index (χ2v) is 5.04. The molecule has 0 bridgehead atoms. The van der Waals surface area contributed by atoms with Gasteiger partial charge in [-0.05, 0) is 23.3 Å². The van der Waals surface area contributed by atoms with Crippen LogP contribution in [0.4, 0.5) is 0 Å². The molecule has 0 fully saturated rings. The second-order valence-electron chi connectivity index (χ2n) is 5.04. The zero-order chi connectivity index (χ0) is 16.7. The summed E-state index contributed by atoms with van der Waals surface area (Å²) in [6, 6.07) is 11.0. The van der Waals surface area contributed by atoms with Gasteiger partial charge in [0.25, 0.3) is 0 Å². The molecule has 1 aromatic carbocycles. The van der Waals surface area contributed by atoms with Crippen molar-refractivity contribution in [2.75, 3.05) is 6.61 Å². The maximum atomic E-state index is 11.7. The van der Waals surface area contributed by atoms with E-state index in [9.17, 15) is 9.59 Å². The lowest BCUT2D eigenvalue weighted by atomic mass is 9.98. The van der Waals surface area contributed by atoms with Crippen molar-refractivity contribution in [1.82, 2.24) is 4.98 Å². The minimum absolute atomic E-state index is 0. The zero-order valence-electron chi connectivity index (χ0n) is 13.1. The highest BCUT2D eigenvalue weighted by molar-refractivity contribution is 5.89. The molecule has 126 valence electrons. The Hall–Kier alpha value is -2.66. The lowest BCUT2D eigenvalue weighted by molar-refractivity contribution is -0.138. The van der Waals surface area contributed by atoms with Gasteiger partial charge in [-0.1, -0.05) is 37.3 Å². The third kappa shape index (κ3) is 5.52. The molecule has 0 radical (unpaired) electrons. The van der Waals surface area contributed by atoms with Crippen molar-refractivity contribution in [3.8, 4) is 0 Å². The third-order valence-corrected chi connectivity index (χ3v) is 3.30. The fraction of sp³-hybridized carbons (Fsp3) is 0.167. The van der Waals surface area contributed by atoms with Crippen molar-refractivity contribution in [1.29, 1.82) is 0 Å². The highest BCUT2D eigenvalue weighted by atomic mass is 35.5. The molecule has 0 aliphatic carbocycles. The molecule has 1 atom stereocenters. The number of rotatable bonds is 6. The van der Waals surface area contributed by atoms with Crippen LogP contribution in [0.5, 0.6) is 0 Å². The monoisotopic (exact) mass is 347 g/mol. The van der Waals surface area contributed by atoms with E-state index in [1.807, 2.05) is 30.3 Å². The van der Waals surface area contributed by atoms with Crippen LogP contribution < -0.4 is 0 Å². The van der Waals surface area contributed by atoms with E-state index >= 15 is 0 Å². The van der Waals surface area contributed by atoms with E-state index in [0.29, 0.717) is 5.56 Å². The van der Waals surface area contributed by atoms with E-state index in [4.69, 9.17) is 9.84 Å². The molecule has 1 heterocycles. The summed E-state index contributed by atoms with van der Waals surface area (Å²) >= 11 is 0. The normalized spacial score (nSPS) is 11.5. The molecule has 6 heteroatoms. The first kappa shape index (κ1) is 19.4. The number of aromatic nitrogens is 1. The number of pyridine rings is 1. The van der Waals surface area contributed by atoms with Crippen molar-refractivity contribution in [3.05, 3.63) is 71.6 Å². The van der Waals surface area contributed by atoms with Crippen molar-refractivity contribution in [3.63, 3.8) is 0 Å². The molecule has 0 saturated heterocycles. The molecule has 0 spiro atoms. The van der Waals surface area contributed by atoms with Crippen LogP contribution in [0.15, 0.2) is 54.9 Å². The largest absolute Gasteiger partial charge is 0.478 e. The van der Waals surface area contributed by atoms with Gasteiger partial charge in [-0.3, -0.25) is 4.98 Å². The van der Waals surface area contributed by atoms with Gasteiger partial charge in [0.1, 0.15) is 0 Å². The highest BCUT2D eigenvalue weighted by Gasteiger charge is 2.16. The van der Waals surface area contributed by atoms with Gasteiger partial charge in [0.2, 0.25) is 0 Å². The molecule has 0 saturated carbocycles. The van der Waals surface area contributed by atoms with Crippen LogP contribution in [0.2, 0.25) is 0 Å². The number of aromatic carboxylic acids is 1. The van der Waals surface area contributed by atoms with Gasteiger partial charge in [0.05, 0.1) is 12.2 Å². The first-order valence-electron chi connectivity index (χ1n) is 7.15. The molecule has 2 aromatic rings. The van der Waals surface area contributed by atoms with E-state index in [1.54, 1.807) is 19.1 Å². The number of carbonyl (C=O) groups excluding carboxylic acids is 1. The number of ether oxygens (including phenoxy) is 1. The molecule has 2 rings (SSSR count). The number of hydrogen-bond acceptors (Lipinski definition) is 4. The van der Waals surface area contributed by atoms with Crippen molar-refractivity contribution >= 4 is 30.4 Å². The minimum atomic E-state index is -1.05. The van der Waals surface area contributed by atoms with Crippen LogP contribution in [-0.4, -0.2) is 28.6 Å². The SMILES string of the molecule is CC(COC(=O)C=Cc1ccccc1)c1ccncc1C(=O)O.Cl. The first-order chi connectivity index (χ1) is 11.1. The molecular weight excluding hydrogens is 330 g/mol. The zero-order valence-corrected chi connectivity index (χ0v) is 13.9. The Balaban J connectivity index is 0.00000288. The Morgan fingerprint density at radius 2 is 1.96 bits per heavy atom. The second kappa shape index (κ2) is 9.47. The van der Waals surface area contributed by atoms with E-state index in [-0.39, 0.29) is 30.5 Å². The number of esters is 1. The molecule has 0 aliphatic rings. The Morgan fingerprint density at radius 3 is 2.62 bits per heavy atom. The third-order valence-electron chi connectivity index (χ3n) is 3.30. The van der Waals surface area contributed by atoms with E-state index in [2.05, 4.69) is 4.98 Å². The lowest BCUT2D eigenvalue weighted by Gasteiger charge is -2.13. The van der Waals surface area contributed by atoms with Crippen LogP contribution in [0.3, 0.4) is 0 Å². The summed E-state index contributed by atoms with van der Waals surface area (Å²) in [4.78, 5) is 26.7. The number of hydrogen-bond donors (Lipinski definition) is 1. The average molecular weight is 348 g/mol. The average Bonchev–Trinajstić information content (AvgIpc) is 2.58. The fourth-order valence-electron chi connectivity index (χ4n) is 2.09. The Labute approximate surface area is 146 Å². The van der Waals surface area contributed by atoms with Gasteiger partial charge in [-0.25, -0.2) is 9.59 Å². The number of benzene rings is 1. The van der Waals surface area contributed by atoms with Gasteiger partial charge < -0.3 is 9.84 Å². The van der Waals surface area contributed by atoms with Gasteiger partial charge in [0.15, 0.2) is 0 Å². The Bertz CT molecular complexity index is 716.